The van der Waals surface area contributed by atoms with Crippen molar-refractivity contribution in [2.45, 2.75) is 45.3 Å². The molecule has 0 N–H and O–H groups in total. The lowest BCUT2D eigenvalue weighted by molar-refractivity contribution is -0.203. The van der Waals surface area contributed by atoms with Crippen LogP contribution in [0.2, 0.25) is 0 Å². The minimum absolute atomic E-state index is 0.213. The Balaban J connectivity index is 2.08. The molecular weight excluding hydrogens is 140 g/mol. The summed E-state index contributed by atoms with van der Waals surface area (Å²) in [5, 5.41) is 0. The molecule has 62 valence electrons. The second-order valence-corrected chi connectivity index (χ2v) is 3.30. The van der Waals surface area contributed by atoms with Crippen molar-refractivity contribution in [2.75, 3.05) is 0 Å². The van der Waals surface area contributed by atoms with Crippen molar-refractivity contribution in [1.82, 2.24) is 0 Å². The lowest BCUT2D eigenvalue weighted by Crippen LogP contribution is -2.38. The Morgan fingerprint density at radius 2 is 2.09 bits per heavy atom. The summed E-state index contributed by atoms with van der Waals surface area (Å²) in [7, 11) is 0. The minimum Gasteiger partial charge on any atom is -0.454 e. The predicted octanol–water partition coefficient (Wildman–Crippen LogP) is 2.55. The molecule has 1 aliphatic carbocycles. The van der Waals surface area contributed by atoms with Crippen molar-refractivity contribution < 1.29 is 9.47 Å². The zero-order valence-corrected chi connectivity index (χ0v) is 7.14. The molecule has 0 saturated heterocycles. The van der Waals surface area contributed by atoms with Gasteiger partial charge in [-0.2, -0.15) is 0 Å². The summed E-state index contributed by atoms with van der Waals surface area (Å²) < 4.78 is 11.3. The number of hydrogen-bond donors (Lipinski definition) is 0. The average molecular weight is 154 g/mol. The van der Waals surface area contributed by atoms with E-state index in [0.717, 1.165) is 30.8 Å². The smallest absolute Gasteiger partial charge is 0.250 e. The Morgan fingerprint density at radius 3 is 2.36 bits per heavy atom. The first-order valence-corrected chi connectivity index (χ1v) is 4.33. The maximum Gasteiger partial charge on any atom is 0.250 e. The van der Waals surface area contributed by atoms with Crippen molar-refractivity contribution in [3.63, 3.8) is 0 Å². The number of hydrogen-bond acceptors (Lipinski definition) is 2. The zero-order chi connectivity index (χ0) is 7.90. The Morgan fingerprint density at radius 1 is 1.36 bits per heavy atom. The maximum atomic E-state index is 5.70. The van der Waals surface area contributed by atoms with E-state index in [-0.39, 0.29) is 5.79 Å². The van der Waals surface area contributed by atoms with Gasteiger partial charge in [0.05, 0.1) is 0 Å². The Bertz CT molecular complexity index is 202. The molecule has 1 aliphatic heterocycles. The highest BCUT2D eigenvalue weighted by Gasteiger charge is 2.46. The van der Waals surface area contributed by atoms with E-state index in [1.165, 1.54) is 6.42 Å². The van der Waals surface area contributed by atoms with E-state index in [1.807, 2.05) is 6.92 Å². The van der Waals surface area contributed by atoms with E-state index in [9.17, 15) is 0 Å². The third-order valence-electron chi connectivity index (χ3n) is 2.48. The van der Waals surface area contributed by atoms with Crippen LogP contribution >= 0.6 is 0 Å². The highest BCUT2D eigenvalue weighted by Crippen LogP contribution is 2.45. The average Bonchev–Trinajstić information content (AvgIpc) is 2.26. The molecule has 2 aliphatic rings. The van der Waals surface area contributed by atoms with Crippen LogP contribution in [0.5, 0.6) is 0 Å². The first kappa shape index (κ1) is 7.01. The summed E-state index contributed by atoms with van der Waals surface area (Å²) in [5.41, 5.74) is 0. The Kier molecular flexibility index (Phi) is 1.38. The van der Waals surface area contributed by atoms with Crippen LogP contribution in [0.25, 0.3) is 0 Å². The second-order valence-electron chi connectivity index (χ2n) is 3.30. The summed E-state index contributed by atoms with van der Waals surface area (Å²) >= 11 is 0. The molecule has 1 heterocycles. The number of ether oxygens (including phenoxy) is 2. The summed E-state index contributed by atoms with van der Waals surface area (Å²) in [6.45, 7) is 4.09. The van der Waals surface area contributed by atoms with Crippen LogP contribution in [-0.4, -0.2) is 5.79 Å². The van der Waals surface area contributed by atoms with E-state index < -0.39 is 0 Å². The summed E-state index contributed by atoms with van der Waals surface area (Å²) in [6, 6.07) is 0. The van der Waals surface area contributed by atoms with Gasteiger partial charge in [0.25, 0.3) is 5.79 Å². The van der Waals surface area contributed by atoms with E-state index in [0.29, 0.717) is 0 Å². The minimum atomic E-state index is -0.213. The maximum absolute atomic E-state index is 5.70. The van der Waals surface area contributed by atoms with Gasteiger partial charge in [0.15, 0.2) is 0 Å². The van der Waals surface area contributed by atoms with Crippen LogP contribution in [-0.2, 0) is 9.47 Å². The van der Waals surface area contributed by atoms with Gasteiger partial charge in [-0.15, -0.1) is 0 Å². The van der Waals surface area contributed by atoms with Crippen LogP contribution in [0.15, 0.2) is 11.5 Å². The van der Waals surface area contributed by atoms with E-state index in [2.05, 4.69) is 6.92 Å². The van der Waals surface area contributed by atoms with Gasteiger partial charge in [-0.3, -0.25) is 0 Å². The van der Waals surface area contributed by atoms with Crippen molar-refractivity contribution in [3.8, 4) is 0 Å². The van der Waals surface area contributed by atoms with Gasteiger partial charge in [-0.25, -0.2) is 0 Å². The summed E-state index contributed by atoms with van der Waals surface area (Å²) in [6.07, 6.45) is 4.32. The van der Waals surface area contributed by atoms with Crippen LogP contribution < -0.4 is 0 Å². The fourth-order valence-corrected chi connectivity index (χ4v) is 1.64. The molecule has 2 heteroatoms. The Hall–Kier alpha value is -0.660. The monoisotopic (exact) mass is 154 g/mol. The third-order valence-corrected chi connectivity index (χ3v) is 2.48. The lowest BCUT2D eigenvalue weighted by atomic mass is 9.91. The van der Waals surface area contributed by atoms with Crippen molar-refractivity contribution in [2.24, 2.45) is 0 Å². The number of allylic oxidation sites excluding steroid dienone is 2. The van der Waals surface area contributed by atoms with Gasteiger partial charge in [0.1, 0.15) is 11.5 Å². The van der Waals surface area contributed by atoms with Gasteiger partial charge in [0.2, 0.25) is 0 Å². The molecule has 0 amide bonds. The molecule has 0 radical (unpaired) electrons. The molecular formula is C9H14O2. The van der Waals surface area contributed by atoms with E-state index in [4.69, 9.17) is 9.47 Å². The molecule has 1 saturated carbocycles. The molecule has 2 rings (SSSR count). The lowest BCUT2D eigenvalue weighted by Gasteiger charge is -2.36. The van der Waals surface area contributed by atoms with Crippen LogP contribution in [0.3, 0.4) is 0 Å². The van der Waals surface area contributed by atoms with Gasteiger partial charge in [-0.05, 0) is 13.3 Å². The summed E-state index contributed by atoms with van der Waals surface area (Å²) in [4.78, 5) is 0. The predicted molar refractivity (Wildman–Crippen MR) is 41.7 cm³/mol. The molecule has 0 aromatic carbocycles. The van der Waals surface area contributed by atoms with Crippen molar-refractivity contribution >= 4 is 0 Å². The zero-order valence-electron chi connectivity index (χ0n) is 7.14. The Labute approximate surface area is 67.2 Å². The molecule has 1 spiro atoms. The van der Waals surface area contributed by atoms with Crippen LogP contribution in [0.1, 0.15) is 39.5 Å². The topological polar surface area (TPSA) is 18.5 Å². The third kappa shape index (κ3) is 0.924. The van der Waals surface area contributed by atoms with Gasteiger partial charge in [-0.1, -0.05) is 6.92 Å². The molecule has 0 aromatic rings. The highest BCUT2D eigenvalue weighted by molar-refractivity contribution is 5.08. The van der Waals surface area contributed by atoms with Gasteiger partial charge < -0.3 is 9.47 Å². The van der Waals surface area contributed by atoms with Crippen molar-refractivity contribution in [3.05, 3.63) is 11.5 Å². The summed E-state index contributed by atoms with van der Waals surface area (Å²) in [5.74, 6) is 1.83. The highest BCUT2D eigenvalue weighted by atomic mass is 16.7. The first-order valence-electron chi connectivity index (χ1n) is 4.33. The standard InChI is InChI=1S/C9H14O2/c1-3-8-7(2)10-9(11-8)5-4-6-9/h3-6H2,1-2H3. The fraction of sp³-hybridized carbons (Fsp3) is 0.778. The largest absolute Gasteiger partial charge is 0.454 e. The molecule has 0 bridgehead atoms. The van der Waals surface area contributed by atoms with E-state index >= 15 is 0 Å². The van der Waals surface area contributed by atoms with Gasteiger partial charge >= 0.3 is 0 Å². The van der Waals surface area contributed by atoms with E-state index in [1.54, 1.807) is 0 Å². The molecule has 0 unspecified atom stereocenters. The molecule has 0 atom stereocenters. The fourth-order valence-electron chi connectivity index (χ4n) is 1.64. The van der Waals surface area contributed by atoms with Crippen LogP contribution in [0, 0.1) is 0 Å². The molecule has 11 heavy (non-hydrogen) atoms. The SMILES string of the molecule is CCC1=C(C)OC2(CCC2)O1. The quantitative estimate of drug-likeness (QED) is 0.578. The normalized spacial score (nSPS) is 26.4. The molecule has 1 fully saturated rings. The second kappa shape index (κ2) is 2.16. The van der Waals surface area contributed by atoms with Gasteiger partial charge in [0, 0.05) is 19.3 Å². The van der Waals surface area contributed by atoms with Crippen molar-refractivity contribution in [1.29, 1.82) is 0 Å². The number of rotatable bonds is 1. The molecule has 2 nitrogen and oxygen atoms in total. The van der Waals surface area contributed by atoms with Crippen LogP contribution in [0.4, 0.5) is 0 Å². The first-order chi connectivity index (χ1) is 5.26. The molecule has 0 aromatic heterocycles.